The summed E-state index contributed by atoms with van der Waals surface area (Å²) >= 11 is 3.29. The molecule has 0 atom stereocenters. The Morgan fingerprint density at radius 2 is 2.36 bits per heavy atom. The average Bonchev–Trinajstić information content (AvgIpc) is 2.53. The minimum atomic E-state index is -0.0480. The first-order valence-electron chi connectivity index (χ1n) is 3.11. The van der Waals surface area contributed by atoms with Crippen LogP contribution in [0.25, 0.3) is 5.65 Å². The van der Waals surface area contributed by atoms with Gasteiger partial charge >= 0.3 is 5.69 Å². The predicted octanol–water partition coefficient (Wildman–Crippen LogP) is 0.729. The number of aromatic amines is 1. The number of hydrogen-bond donors (Lipinski definition) is 1. The predicted molar refractivity (Wildman–Crippen MR) is 44.7 cm³/mol. The Kier molecular flexibility index (Phi) is 1.23. The first-order valence-corrected chi connectivity index (χ1v) is 3.91. The van der Waals surface area contributed by atoms with E-state index in [1.165, 1.54) is 4.57 Å². The van der Waals surface area contributed by atoms with Gasteiger partial charge in [-0.1, -0.05) is 0 Å². The molecular weight excluding hydrogens is 210 g/mol. The third kappa shape index (κ3) is 0.712. The van der Waals surface area contributed by atoms with Crippen LogP contribution in [0.4, 0.5) is 0 Å². The summed E-state index contributed by atoms with van der Waals surface area (Å²) in [5.74, 6) is 0. The Morgan fingerprint density at radius 3 is 3.00 bits per heavy atom. The highest BCUT2D eigenvalue weighted by Crippen LogP contribution is 2.12. The van der Waals surface area contributed by atoms with Crippen LogP contribution in [0, 0.1) is 0 Å². The fourth-order valence-electron chi connectivity index (χ4n) is 1.06. The summed E-state index contributed by atoms with van der Waals surface area (Å²) in [6.07, 6.45) is 3.42. The zero-order chi connectivity index (χ0) is 8.01. The SMILES string of the molecule is Cn1c(Br)c2[nH]ccn2c1=O. The largest absolute Gasteiger partial charge is 0.344 e. The topological polar surface area (TPSA) is 42.2 Å². The number of imidazole rings is 2. The van der Waals surface area contributed by atoms with Gasteiger partial charge in [-0.05, 0) is 15.9 Å². The van der Waals surface area contributed by atoms with Crippen molar-refractivity contribution in [3.8, 4) is 0 Å². The third-order valence-corrected chi connectivity index (χ3v) is 2.57. The van der Waals surface area contributed by atoms with E-state index in [-0.39, 0.29) is 5.69 Å². The van der Waals surface area contributed by atoms with Gasteiger partial charge in [-0.25, -0.2) is 4.79 Å². The van der Waals surface area contributed by atoms with Gasteiger partial charge in [0.1, 0.15) is 10.3 Å². The molecule has 0 bridgehead atoms. The molecule has 2 aromatic heterocycles. The van der Waals surface area contributed by atoms with Crippen LogP contribution >= 0.6 is 15.9 Å². The number of rotatable bonds is 0. The minimum Gasteiger partial charge on any atom is -0.344 e. The smallest absolute Gasteiger partial charge is 0.334 e. The zero-order valence-electron chi connectivity index (χ0n) is 5.84. The van der Waals surface area contributed by atoms with E-state index in [1.807, 2.05) is 0 Å². The van der Waals surface area contributed by atoms with E-state index in [1.54, 1.807) is 23.8 Å². The van der Waals surface area contributed by atoms with E-state index in [2.05, 4.69) is 20.9 Å². The molecule has 2 rings (SSSR count). The van der Waals surface area contributed by atoms with Crippen molar-refractivity contribution >= 4 is 21.6 Å². The van der Waals surface area contributed by atoms with Crippen LogP contribution in [0.3, 0.4) is 0 Å². The van der Waals surface area contributed by atoms with Crippen molar-refractivity contribution in [2.45, 2.75) is 0 Å². The number of nitrogens with one attached hydrogen (secondary N) is 1. The third-order valence-electron chi connectivity index (χ3n) is 1.67. The zero-order valence-corrected chi connectivity index (χ0v) is 7.42. The molecule has 0 aliphatic carbocycles. The lowest BCUT2D eigenvalue weighted by Gasteiger charge is -1.86. The lowest BCUT2D eigenvalue weighted by molar-refractivity contribution is 0.824. The Bertz CT molecular complexity index is 450. The van der Waals surface area contributed by atoms with Crippen molar-refractivity contribution in [2.24, 2.45) is 7.05 Å². The number of nitrogens with zero attached hydrogens (tertiary/aromatic N) is 2. The first kappa shape index (κ1) is 6.72. The van der Waals surface area contributed by atoms with Gasteiger partial charge < -0.3 is 4.98 Å². The summed E-state index contributed by atoms with van der Waals surface area (Å²) in [6.45, 7) is 0. The van der Waals surface area contributed by atoms with E-state index in [0.29, 0.717) is 0 Å². The Balaban J connectivity index is 3.12. The normalized spacial score (nSPS) is 11.1. The van der Waals surface area contributed by atoms with Crippen LogP contribution in [0.2, 0.25) is 0 Å². The summed E-state index contributed by atoms with van der Waals surface area (Å²) in [5, 5.41) is 0. The molecule has 2 aromatic rings. The van der Waals surface area contributed by atoms with Gasteiger partial charge in [0.05, 0.1) is 0 Å². The number of hydrogen-bond acceptors (Lipinski definition) is 1. The van der Waals surface area contributed by atoms with Crippen LogP contribution in [0.5, 0.6) is 0 Å². The molecule has 5 heteroatoms. The average molecular weight is 216 g/mol. The van der Waals surface area contributed by atoms with Gasteiger partial charge in [0.15, 0.2) is 0 Å². The maximum Gasteiger partial charge on any atom is 0.334 e. The van der Waals surface area contributed by atoms with Gasteiger partial charge in [0.25, 0.3) is 0 Å². The minimum absolute atomic E-state index is 0.0480. The van der Waals surface area contributed by atoms with Gasteiger partial charge in [-0.3, -0.25) is 8.97 Å². The summed E-state index contributed by atoms with van der Waals surface area (Å²) in [7, 11) is 1.72. The van der Waals surface area contributed by atoms with Crippen LogP contribution in [-0.4, -0.2) is 14.0 Å². The summed E-state index contributed by atoms with van der Waals surface area (Å²) in [4.78, 5) is 14.2. The molecule has 0 spiro atoms. The lowest BCUT2D eigenvalue weighted by Crippen LogP contribution is -2.16. The van der Waals surface area contributed by atoms with Crippen LogP contribution in [0.15, 0.2) is 21.8 Å². The molecule has 0 aromatic carbocycles. The van der Waals surface area contributed by atoms with E-state index < -0.39 is 0 Å². The fourth-order valence-corrected chi connectivity index (χ4v) is 1.51. The van der Waals surface area contributed by atoms with Crippen molar-refractivity contribution in [1.82, 2.24) is 14.0 Å². The van der Waals surface area contributed by atoms with Gasteiger partial charge in [0.2, 0.25) is 0 Å². The lowest BCUT2D eigenvalue weighted by atomic mass is 10.8. The number of halogens is 1. The molecule has 1 N–H and O–H groups in total. The maximum atomic E-state index is 11.3. The first-order chi connectivity index (χ1) is 5.22. The second-order valence-electron chi connectivity index (χ2n) is 2.31. The van der Waals surface area contributed by atoms with Gasteiger partial charge in [-0.2, -0.15) is 0 Å². The molecule has 11 heavy (non-hydrogen) atoms. The van der Waals surface area contributed by atoms with Crippen LogP contribution < -0.4 is 5.69 Å². The number of H-pyrrole nitrogens is 1. The monoisotopic (exact) mass is 215 g/mol. The molecule has 2 heterocycles. The van der Waals surface area contributed by atoms with Crippen molar-refractivity contribution < 1.29 is 0 Å². The fraction of sp³-hybridized carbons (Fsp3) is 0.167. The van der Waals surface area contributed by atoms with E-state index >= 15 is 0 Å². The van der Waals surface area contributed by atoms with Gasteiger partial charge in [-0.15, -0.1) is 0 Å². The van der Waals surface area contributed by atoms with Crippen molar-refractivity contribution in [3.05, 3.63) is 27.5 Å². The highest BCUT2D eigenvalue weighted by Gasteiger charge is 2.07. The molecule has 4 nitrogen and oxygen atoms in total. The second kappa shape index (κ2) is 2.01. The number of fused-ring (bicyclic) bond motifs is 1. The molecular formula is C6H6BrN3O. The number of aromatic nitrogens is 3. The maximum absolute atomic E-state index is 11.3. The Labute approximate surface area is 70.6 Å². The molecule has 0 unspecified atom stereocenters. The molecule has 58 valence electrons. The van der Waals surface area contributed by atoms with Crippen LogP contribution in [-0.2, 0) is 7.05 Å². The molecule has 0 aliphatic rings. The highest BCUT2D eigenvalue weighted by molar-refractivity contribution is 9.10. The Hall–Kier alpha value is -0.970. The summed E-state index contributed by atoms with van der Waals surface area (Å²) < 4.78 is 3.85. The second-order valence-corrected chi connectivity index (χ2v) is 3.06. The van der Waals surface area contributed by atoms with Crippen molar-refractivity contribution in [2.75, 3.05) is 0 Å². The molecule has 0 fully saturated rings. The molecule has 0 aliphatic heterocycles. The standard InChI is InChI=1S/C6H6BrN3O/c1-9-4(7)5-8-2-3-10(5)6(9)11/h2-3,8H,1H3. The quantitative estimate of drug-likeness (QED) is 0.692. The molecule has 0 saturated heterocycles. The van der Waals surface area contributed by atoms with E-state index in [9.17, 15) is 4.79 Å². The van der Waals surface area contributed by atoms with E-state index in [0.717, 1.165) is 10.3 Å². The molecule has 0 radical (unpaired) electrons. The Morgan fingerprint density at radius 1 is 1.64 bits per heavy atom. The van der Waals surface area contributed by atoms with Gasteiger partial charge in [0, 0.05) is 19.4 Å². The van der Waals surface area contributed by atoms with E-state index in [4.69, 9.17) is 0 Å². The summed E-state index contributed by atoms with van der Waals surface area (Å²) in [5.41, 5.74) is 0.741. The molecule has 0 amide bonds. The molecule has 0 saturated carbocycles. The van der Waals surface area contributed by atoms with Crippen molar-refractivity contribution in [3.63, 3.8) is 0 Å². The van der Waals surface area contributed by atoms with Crippen molar-refractivity contribution in [1.29, 1.82) is 0 Å². The summed E-state index contributed by atoms with van der Waals surface area (Å²) in [6, 6.07) is 0. The highest BCUT2D eigenvalue weighted by atomic mass is 79.9. The van der Waals surface area contributed by atoms with Crippen LogP contribution in [0.1, 0.15) is 0 Å².